The molecule has 0 atom stereocenters. The molecule has 0 N–H and O–H groups in total. The summed E-state index contributed by atoms with van der Waals surface area (Å²) >= 11 is 13.2. The van der Waals surface area contributed by atoms with E-state index in [1.807, 2.05) is 22.6 Å². The molecule has 0 saturated carbocycles. The highest BCUT2D eigenvalue weighted by Crippen LogP contribution is 2.34. The van der Waals surface area contributed by atoms with Crippen LogP contribution in [0.5, 0.6) is 5.75 Å². The molecule has 0 heterocycles. The molecule has 6 heteroatoms. The van der Waals surface area contributed by atoms with E-state index in [0.717, 1.165) is 0 Å². The van der Waals surface area contributed by atoms with E-state index in [9.17, 15) is 8.78 Å². The maximum Gasteiger partial charge on any atom is 0.387 e. The predicted octanol–water partition coefficient (Wildman–Crippen LogP) is 4.20. The highest BCUT2D eigenvalue weighted by Gasteiger charge is 2.12. The molecule has 0 aliphatic carbocycles. The van der Waals surface area contributed by atoms with Crippen LogP contribution in [0, 0.1) is 3.57 Å². The number of benzene rings is 1. The molecule has 1 nitrogen and oxygen atoms in total. The third-order valence-electron chi connectivity index (χ3n) is 1.22. The molecule has 0 bridgehead atoms. The quantitative estimate of drug-likeness (QED) is 0.580. The maximum absolute atomic E-state index is 11.8. The van der Waals surface area contributed by atoms with E-state index in [1.165, 1.54) is 12.1 Å². The Hall–Kier alpha value is 0.190. The molecule has 1 aromatic carbocycles. The number of hydrogen-bond acceptors (Lipinski definition) is 1. The van der Waals surface area contributed by atoms with Gasteiger partial charge in [-0.2, -0.15) is 8.78 Å². The summed E-state index contributed by atoms with van der Waals surface area (Å²) in [6, 6.07) is 2.76. The number of ether oxygens (including phenoxy) is 1. The van der Waals surface area contributed by atoms with Gasteiger partial charge in [0.2, 0.25) is 0 Å². The SMILES string of the molecule is FC(F)Oc1ccc(Cl)c(I)c1Cl. The van der Waals surface area contributed by atoms with Crippen LogP contribution in [0.4, 0.5) is 8.78 Å². The minimum atomic E-state index is -2.88. The molecule has 1 rings (SSSR count). The summed E-state index contributed by atoms with van der Waals surface area (Å²) in [5, 5.41) is 0.514. The first-order chi connectivity index (χ1) is 6.02. The molecule has 72 valence electrons. The first kappa shape index (κ1) is 11.3. The van der Waals surface area contributed by atoms with Gasteiger partial charge in [0.15, 0.2) is 0 Å². The molecule has 0 aliphatic heterocycles. The van der Waals surface area contributed by atoms with Crippen molar-refractivity contribution in [1.29, 1.82) is 0 Å². The van der Waals surface area contributed by atoms with Crippen molar-refractivity contribution in [3.63, 3.8) is 0 Å². The number of rotatable bonds is 2. The van der Waals surface area contributed by atoms with E-state index >= 15 is 0 Å². The Labute approximate surface area is 97.1 Å². The highest BCUT2D eigenvalue weighted by molar-refractivity contribution is 14.1. The van der Waals surface area contributed by atoms with Crippen LogP contribution in [0.2, 0.25) is 10.0 Å². The molecule has 0 radical (unpaired) electrons. The van der Waals surface area contributed by atoms with Crippen molar-refractivity contribution >= 4 is 45.8 Å². The van der Waals surface area contributed by atoms with E-state index in [4.69, 9.17) is 23.2 Å². The second-order valence-corrected chi connectivity index (χ2v) is 3.92. The van der Waals surface area contributed by atoms with Crippen LogP contribution >= 0.6 is 45.8 Å². The fourth-order valence-corrected chi connectivity index (χ4v) is 1.56. The van der Waals surface area contributed by atoms with Crippen LogP contribution in [0.1, 0.15) is 0 Å². The third kappa shape index (κ3) is 2.82. The van der Waals surface area contributed by atoms with Crippen LogP contribution in [0.15, 0.2) is 12.1 Å². The molecule has 0 aromatic heterocycles. The maximum atomic E-state index is 11.8. The molecular weight excluding hydrogens is 336 g/mol. The van der Waals surface area contributed by atoms with Gasteiger partial charge in [-0.05, 0) is 34.7 Å². The number of halogens is 5. The smallest absolute Gasteiger partial charge is 0.387 e. The lowest BCUT2D eigenvalue weighted by atomic mass is 10.3. The van der Waals surface area contributed by atoms with Crippen molar-refractivity contribution in [2.24, 2.45) is 0 Å². The van der Waals surface area contributed by atoms with Gasteiger partial charge < -0.3 is 4.74 Å². The Morgan fingerprint density at radius 1 is 1.31 bits per heavy atom. The van der Waals surface area contributed by atoms with Crippen LogP contribution in [-0.4, -0.2) is 6.61 Å². The normalized spacial score (nSPS) is 10.6. The van der Waals surface area contributed by atoms with Gasteiger partial charge >= 0.3 is 6.61 Å². The fraction of sp³-hybridized carbons (Fsp3) is 0.143. The van der Waals surface area contributed by atoms with E-state index < -0.39 is 6.61 Å². The second kappa shape index (κ2) is 4.61. The molecule has 0 saturated heterocycles. The van der Waals surface area contributed by atoms with Gasteiger partial charge in [-0.3, -0.25) is 0 Å². The Morgan fingerprint density at radius 3 is 2.46 bits per heavy atom. The van der Waals surface area contributed by atoms with E-state index in [1.54, 1.807) is 0 Å². The Morgan fingerprint density at radius 2 is 1.92 bits per heavy atom. The highest BCUT2D eigenvalue weighted by atomic mass is 127. The summed E-state index contributed by atoms with van der Waals surface area (Å²) in [6.45, 7) is -2.88. The standard InChI is InChI=1S/C7H3Cl2F2IO/c8-3-1-2-4(13-7(10)11)5(9)6(3)12/h1-2,7H. The van der Waals surface area contributed by atoms with Gasteiger partial charge in [-0.25, -0.2) is 0 Å². The lowest BCUT2D eigenvalue weighted by molar-refractivity contribution is -0.0498. The molecule has 1 aromatic rings. The Kier molecular flexibility index (Phi) is 4.00. The predicted molar refractivity (Wildman–Crippen MR) is 55.8 cm³/mol. The summed E-state index contributed by atoms with van der Waals surface area (Å²) in [6.07, 6.45) is 0. The number of hydrogen-bond donors (Lipinski definition) is 0. The Bertz CT molecular complexity index is 320. The largest absolute Gasteiger partial charge is 0.433 e. The minimum Gasteiger partial charge on any atom is -0.433 e. The van der Waals surface area contributed by atoms with Crippen LogP contribution in [-0.2, 0) is 0 Å². The topological polar surface area (TPSA) is 9.23 Å². The monoisotopic (exact) mass is 338 g/mol. The van der Waals surface area contributed by atoms with Crippen molar-refractivity contribution in [1.82, 2.24) is 0 Å². The van der Waals surface area contributed by atoms with Gasteiger partial charge in [-0.15, -0.1) is 0 Å². The van der Waals surface area contributed by atoms with Gasteiger partial charge in [0.25, 0.3) is 0 Å². The zero-order valence-electron chi connectivity index (χ0n) is 6.03. The second-order valence-electron chi connectivity index (χ2n) is 2.05. The molecule has 13 heavy (non-hydrogen) atoms. The lowest BCUT2D eigenvalue weighted by Gasteiger charge is -2.08. The zero-order valence-corrected chi connectivity index (χ0v) is 9.70. The van der Waals surface area contributed by atoms with Gasteiger partial charge in [0, 0.05) is 0 Å². The van der Waals surface area contributed by atoms with Crippen LogP contribution < -0.4 is 4.74 Å². The lowest BCUT2D eigenvalue weighted by Crippen LogP contribution is -2.02. The fourth-order valence-electron chi connectivity index (χ4n) is 0.695. The van der Waals surface area contributed by atoms with Crippen molar-refractivity contribution < 1.29 is 13.5 Å². The molecule has 0 fully saturated rings. The number of alkyl halides is 2. The summed E-state index contributed by atoms with van der Waals surface area (Å²) in [4.78, 5) is 0. The Balaban J connectivity index is 3.04. The molecular formula is C7H3Cl2F2IO. The van der Waals surface area contributed by atoms with E-state index in [-0.39, 0.29) is 10.8 Å². The first-order valence-corrected chi connectivity index (χ1v) is 4.94. The van der Waals surface area contributed by atoms with E-state index in [0.29, 0.717) is 8.59 Å². The van der Waals surface area contributed by atoms with Crippen molar-refractivity contribution in [2.75, 3.05) is 0 Å². The minimum absolute atomic E-state index is 0.0644. The van der Waals surface area contributed by atoms with Crippen LogP contribution in [0.25, 0.3) is 0 Å². The average molecular weight is 339 g/mol. The first-order valence-electron chi connectivity index (χ1n) is 3.10. The average Bonchev–Trinajstić information content (AvgIpc) is 2.06. The summed E-state index contributed by atoms with van der Waals surface area (Å²) < 4.78 is 28.3. The van der Waals surface area contributed by atoms with Crippen molar-refractivity contribution in [2.45, 2.75) is 6.61 Å². The summed E-state index contributed by atoms with van der Waals surface area (Å²) in [7, 11) is 0. The molecule has 0 amide bonds. The summed E-state index contributed by atoms with van der Waals surface area (Å²) in [5.41, 5.74) is 0. The van der Waals surface area contributed by atoms with Gasteiger partial charge in [0.05, 0.1) is 13.6 Å². The van der Waals surface area contributed by atoms with Gasteiger partial charge in [0.1, 0.15) is 5.75 Å². The molecule has 0 unspecified atom stereocenters. The molecule has 0 spiro atoms. The van der Waals surface area contributed by atoms with Gasteiger partial charge in [-0.1, -0.05) is 23.2 Å². The third-order valence-corrected chi connectivity index (χ3v) is 3.66. The molecule has 0 aliphatic rings. The van der Waals surface area contributed by atoms with Crippen molar-refractivity contribution in [3.8, 4) is 5.75 Å². The zero-order chi connectivity index (χ0) is 10.0. The van der Waals surface area contributed by atoms with Crippen LogP contribution in [0.3, 0.4) is 0 Å². The van der Waals surface area contributed by atoms with Crippen molar-refractivity contribution in [3.05, 3.63) is 25.7 Å². The summed E-state index contributed by atoms with van der Waals surface area (Å²) in [5.74, 6) is -0.0644. The van der Waals surface area contributed by atoms with E-state index in [2.05, 4.69) is 4.74 Å².